The third kappa shape index (κ3) is 10.3. The van der Waals surface area contributed by atoms with Gasteiger partial charge in [-0.3, -0.25) is 9.59 Å². The zero-order valence-electron chi connectivity index (χ0n) is 10.8. The van der Waals surface area contributed by atoms with Crippen LogP contribution in [0.2, 0.25) is 0 Å². The molecule has 0 amide bonds. The van der Waals surface area contributed by atoms with Gasteiger partial charge in [-0.25, -0.2) is 0 Å². The van der Waals surface area contributed by atoms with Gasteiger partial charge in [-0.1, -0.05) is 50.6 Å². The third-order valence-corrected chi connectivity index (χ3v) is 4.41. The molecule has 0 spiro atoms. The average molecular weight is 343 g/mol. The summed E-state index contributed by atoms with van der Waals surface area (Å²) in [4.78, 5) is 21.7. The lowest BCUT2D eigenvalue weighted by Crippen LogP contribution is -2.31. The van der Waals surface area contributed by atoms with E-state index in [9.17, 15) is 9.59 Å². The molecule has 7 heteroatoms. The molecule has 0 saturated carbocycles. The predicted molar refractivity (Wildman–Crippen MR) is 95.9 cm³/mol. The first-order valence-electron chi connectivity index (χ1n) is 4.88. The Bertz CT molecular complexity index is 309. The standard InChI is InChI=1S/C9H14O4S3.C2H4.2CH4/c1-8(2,5(10)11)15-7(14)16-9(3,4)6(12)13;1-2;;/h1-4H3,(H,10,11)(H,12,13);1-2H2;2*1H4. The van der Waals surface area contributed by atoms with Gasteiger partial charge in [0.25, 0.3) is 0 Å². The average Bonchev–Trinajstić information content (AvgIpc) is 2.18. The van der Waals surface area contributed by atoms with Crippen molar-refractivity contribution in [3.05, 3.63) is 13.2 Å². The van der Waals surface area contributed by atoms with Crippen LogP contribution in [0.15, 0.2) is 13.2 Å². The topological polar surface area (TPSA) is 74.6 Å². The fourth-order valence-corrected chi connectivity index (χ4v) is 4.20. The number of thiocarbonyl (C=S) groups is 1. The highest BCUT2D eigenvalue weighted by atomic mass is 32.2. The molecule has 120 valence electrons. The van der Waals surface area contributed by atoms with Crippen molar-refractivity contribution in [1.82, 2.24) is 0 Å². The van der Waals surface area contributed by atoms with Crippen LogP contribution in [0, 0.1) is 0 Å². The molecule has 0 aromatic rings. The molecule has 0 atom stereocenters. The normalized spacial score (nSPS) is 10.0. The zero-order chi connectivity index (χ0) is 15.1. The van der Waals surface area contributed by atoms with Gasteiger partial charge in [0, 0.05) is 0 Å². The Hall–Kier alpha value is -0.530. The van der Waals surface area contributed by atoms with Crippen LogP contribution in [-0.4, -0.2) is 35.2 Å². The number of aliphatic carboxylic acids is 2. The second-order valence-electron chi connectivity index (χ2n) is 4.09. The number of carboxylic acid groups (broad SMARTS) is 2. The van der Waals surface area contributed by atoms with Crippen molar-refractivity contribution in [2.75, 3.05) is 0 Å². The molecule has 0 aliphatic rings. The van der Waals surface area contributed by atoms with E-state index in [0.29, 0.717) is 3.53 Å². The van der Waals surface area contributed by atoms with Crippen molar-refractivity contribution in [2.45, 2.75) is 52.0 Å². The Morgan fingerprint density at radius 1 is 0.900 bits per heavy atom. The minimum atomic E-state index is -1.04. The molecule has 0 fully saturated rings. The maximum Gasteiger partial charge on any atom is 0.319 e. The van der Waals surface area contributed by atoms with Crippen LogP contribution in [0.1, 0.15) is 42.5 Å². The fourth-order valence-electron chi connectivity index (χ4n) is 0.525. The highest BCUT2D eigenvalue weighted by Crippen LogP contribution is 2.36. The van der Waals surface area contributed by atoms with Crippen LogP contribution >= 0.6 is 35.7 Å². The van der Waals surface area contributed by atoms with Gasteiger partial charge < -0.3 is 10.2 Å². The summed E-state index contributed by atoms with van der Waals surface area (Å²) in [5.74, 6) is -1.96. The number of hydrogen-bond acceptors (Lipinski definition) is 5. The lowest BCUT2D eigenvalue weighted by atomic mass is 10.2. The smallest absolute Gasteiger partial charge is 0.319 e. The van der Waals surface area contributed by atoms with Crippen molar-refractivity contribution in [3.63, 3.8) is 0 Å². The van der Waals surface area contributed by atoms with Crippen LogP contribution in [0.25, 0.3) is 0 Å². The summed E-state index contributed by atoms with van der Waals surface area (Å²) in [5.41, 5.74) is 0. The van der Waals surface area contributed by atoms with Crippen LogP contribution < -0.4 is 0 Å². The van der Waals surface area contributed by atoms with Gasteiger partial charge in [-0.15, -0.1) is 13.2 Å². The first-order chi connectivity index (χ1) is 7.99. The molecule has 0 radical (unpaired) electrons. The second-order valence-corrected chi connectivity index (χ2v) is 8.53. The minimum absolute atomic E-state index is 0. The molecule has 0 saturated heterocycles. The molecule has 0 aliphatic heterocycles. The number of rotatable bonds is 4. The third-order valence-electron chi connectivity index (χ3n) is 1.71. The van der Waals surface area contributed by atoms with E-state index >= 15 is 0 Å². The Morgan fingerprint density at radius 2 is 1.10 bits per heavy atom. The van der Waals surface area contributed by atoms with Gasteiger partial charge in [0.1, 0.15) is 13.0 Å². The van der Waals surface area contributed by atoms with E-state index in [-0.39, 0.29) is 14.9 Å². The molecule has 20 heavy (non-hydrogen) atoms. The molecule has 2 N–H and O–H groups in total. The lowest BCUT2D eigenvalue weighted by Gasteiger charge is -2.22. The van der Waals surface area contributed by atoms with Crippen molar-refractivity contribution in [3.8, 4) is 0 Å². The Kier molecular flexibility index (Phi) is 15.5. The van der Waals surface area contributed by atoms with E-state index in [1.807, 2.05) is 0 Å². The second kappa shape index (κ2) is 11.2. The SMILES string of the molecule is C.C.C=C.CC(C)(SC(=S)SC(C)(C)C(=O)O)C(=O)O. The summed E-state index contributed by atoms with van der Waals surface area (Å²) in [6.45, 7) is 12.1. The Morgan fingerprint density at radius 3 is 1.25 bits per heavy atom. The summed E-state index contributed by atoms with van der Waals surface area (Å²) in [7, 11) is 0. The first-order valence-corrected chi connectivity index (χ1v) is 6.92. The van der Waals surface area contributed by atoms with E-state index in [1.54, 1.807) is 0 Å². The van der Waals surface area contributed by atoms with E-state index < -0.39 is 21.4 Å². The first kappa shape index (κ1) is 27.8. The number of carbonyl (C=O) groups is 2. The van der Waals surface area contributed by atoms with Crippen molar-refractivity contribution in [1.29, 1.82) is 0 Å². The summed E-state index contributed by atoms with van der Waals surface area (Å²) >= 11 is 6.96. The van der Waals surface area contributed by atoms with Crippen molar-refractivity contribution in [2.24, 2.45) is 0 Å². The highest BCUT2D eigenvalue weighted by molar-refractivity contribution is 8.48. The molecule has 0 rings (SSSR count). The molecular formula is C13H26O4S3. The maximum absolute atomic E-state index is 10.8. The molecule has 0 bridgehead atoms. The molecule has 0 heterocycles. The van der Waals surface area contributed by atoms with Gasteiger partial charge in [0.05, 0.1) is 0 Å². The summed E-state index contributed by atoms with van der Waals surface area (Å²) < 4.78 is -1.77. The molecule has 4 nitrogen and oxygen atoms in total. The lowest BCUT2D eigenvalue weighted by molar-refractivity contribution is -0.139. The zero-order valence-corrected chi connectivity index (χ0v) is 13.3. The van der Waals surface area contributed by atoms with Gasteiger partial charge in [0.15, 0.2) is 0 Å². The fraction of sp³-hybridized carbons (Fsp3) is 0.615. The highest BCUT2D eigenvalue weighted by Gasteiger charge is 2.34. The van der Waals surface area contributed by atoms with Crippen LogP contribution in [0.5, 0.6) is 0 Å². The van der Waals surface area contributed by atoms with E-state index in [0.717, 1.165) is 23.5 Å². The summed E-state index contributed by atoms with van der Waals surface area (Å²) in [6, 6.07) is 0. The largest absolute Gasteiger partial charge is 0.480 e. The number of carboxylic acids is 2. The number of thioether (sulfide) groups is 2. The predicted octanol–water partition coefficient (Wildman–Crippen LogP) is 4.54. The van der Waals surface area contributed by atoms with Crippen LogP contribution in [0.3, 0.4) is 0 Å². The van der Waals surface area contributed by atoms with Gasteiger partial charge in [-0.2, -0.15) is 0 Å². The monoisotopic (exact) mass is 342 g/mol. The maximum atomic E-state index is 10.8. The summed E-state index contributed by atoms with van der Waals surface area (Å²) in [6.07, 6.45) is 0. The molecule has 0 aromatic heterocycles. The van der Waals surface area contributed by atoms with E-state index in [1.165, 1.54) is 27.7 Å². The van der Waals surface area contributed by atoms with Gasteiger partial charge in [-0.05, 0) is 27.7 Å². The van der Waals surface area contributed by atoms with Gasteiger partial charge in [0.2, 0.25) is 0 Å². The molecule has 0 aliphatic carbocycles. The van der Waals surface area contributed by atoms with Crippen LogP contribution in [-0.2, 0) is 9.59 Å². The Balaban J connectivity index is -0.000000304. The Labute approximate surface area is 136 Å². The summed E-state index contributed by atoms with van der Waals surface area (Å²) in [5, 5.41) is 17.8. The minimum Gasteiger partial charge on any atom is -0.480 e. The van der Waals surface area contributed by atoms with Crippen LogP contribution in [0.4, 0.5) is 0 Å². The molecule has 0 aromatic carbocycles. The molecule has 0 unspecified atom stereocenters. The van der Waals surface area contributed by atoms with Crippen molar-refractivity contribution >= 4 is 51.2 Å². The molecular weight excluding hydrogens is 316 g/mol. The van der Waals surface area contributed by atoms with E-state index in [4.69, 9.17) is 22.4 Å². The van der Waals surface area contributed by atoms with Crippen molar-refractivity contribution < 1.29 is 19.8 Å². The van der Waals surface area contributed by atoms with E-state index in [2.05, 4.69) is 13.2 Å². The number of hydrogen-bond donors (Lipinski definition) is 2. The quantitative estimate of drug-likeness (QED) is 0.574. The van der Waals surface area contributed by atoms with Gasteiger partial charge >= 0.3 is 11.9 Å².